The zero-order chi connectivity index (χ0) is 16.0. The van der Waals surface area contributed by atoms with Gasteiger partial charge in [-0.25, -0.2) is 18.7 Å². The van der Waals surface area contributed by atoms with Gasteiger partial charge in [-0.1, -0.05) is 17.7 Å². The van der Waals surface area contributed by atoms with Gasteiger partial charge in [0.1, 0.15) is 35.2 Å². The fourth-order valence-electron chi connectivity index (χ4n) is 2.67. The molecule has 1 aliphatic heterocycles. The first-order valence-corrected chi connectivity index (χ1v) is 7.32. The summed E-state index contributed by atoms with van der Waals surface area (Å²) < 4.78 is 33.1. The van der Waals surface area contributed by atoms with E-state index in [1.165, 1.54) is 6.33 Å². The smallest absolute Gasteiger partial charge is 0.147 e. The van der Waals surface area contributed by atoms with Crippen LogP contribution < -0.4 is 10.1 Å². The van der Waals surface area contributed by atoms with Crippen LogP contribution in [0.4, 0.5) is 20.3 Å². The Hall–Kier alpha value is -2.47. The van der Waals surface area contributed by atoms with Gasteiger partial charge in [0.2, 0.25) is 0 Å². The molecule has 116 valence electrons. The van der Waals surface area contributed by atoms with Crippen molar-refractivity contribution in [3.05, 3.63) is 52.8 Å². The summed E-state index contributed by atoms with van der Waals surface area (Å²) in [7, 11) is 0. The van der Waals surface area contributed by atoms with Gasteiger partial charge in [0, 0.05) is 18.6 Å². The molecule has 0 amide bonds. The molecule has 0 saturated carbocycles. The normalized spacial score (nSPS) is 13.0. The van der Waals surface area contributed by atoms with Crippen molar-refractivity contribution in [1.82, 2.24) is 9.97 Å². The quantitative estimate of drug-likeness (QED) is 0.762. The van der Waals surface area contributed by atoms with Crippen LogP contribution in [-0.4, -0.2) is 16.6 Å². The molecule has 0 spiro atoms. The van der Waals surface area contributed by atoms with Crippen LogP contribution in [0, 0.1) is 11.6 Å². The molecule has 0 saturated heterocycles. The Bertz CT molecular complexity index is 933. The van der Waals surface area contributed by atoms with E-state index < -0.39 is 11.6 Å². The van der Waals surface area contributed by atoms with Crippen LogP contribution in [0.2, 0.25) is 5.02 Å². The summed E-state index contributed by atoms with van der Waals surface area (Å²) in [5.41, 5.74) is 1.71. The highest BCUT2D eigenvalue weighted by Crippen LogP contribution is 2.41. The minimum atomic E-state index is -0.743. The molecular weight excluding hydrogens is 324 g/mol. The second kappa shape index (κ2) is 5.31. The molecule has 7 heteroatoms. The van der Waals surface area contributed by atoms with E-state index in [4.69, 9.17) is 16.3 Å². The predicted molar refractivity (Wildman–Crippen MR) is 83.4 cm³/mol. The van der Waals surface area contributed by atoms with Gasteiger partial charge in [-0.15, -0.1) is 0 Å². The molecule has 0 fully saturated rings. The SMILES string of the molecule is Fc1cc(F)c2c(Nc3c(Cl)ccc4c3OCC4)ncnc2c1. The fraction of sp³-hybridized carbons (Fsp3) is 0.125. The lowest BCUT2D eigenvalue weighted by Crippen LogP contribution is -2.00. The van der Waals surface area contributed by atoms with E-state index >= 15 is 0 Å². The summed E-state index contributed by atoms with van der Waals surface area (Å²) in [4.78, 5) is 7.97. The maximum Gasteiger partial charge on any atom is 0.147 e. The number of ether oxygens (including phenoxy) is 1. The Labute approximate surface area is 135 Å². The van der Waals surface area contributed by atoms with Crippen LogP contribution in [0.25, 0.3) is 10.9 Å². The van der Waals surface area contributed by atoms with E-state index in [9.17, 15) is 8.78 Å². The third kappa shape index (κ3) is 2.35. The number of anilines is 2. The molecular formula is C16H10ClF2N3O. The number of rotatable bonds is 2. The van der Waals surface area contributed by atoms with Gasteiger partial charge in [0.25, 0.3) is 0 Å². The lowest BCUT2D eigenvalue weighted by molar-refractivity contribution is 0.358. The molecule has 0 aliphatic carbocycles. The van der Waals surface area contributed by atoms with Crippen LogP contribution in [0.1, 0.15) is 5.56 Å². The molecule has 0 unspecified atom stereocenters. The highest BCUT2D eigenvalue weighted by molar-refractivity contribution is 6.33. The Morgan fingerprint density at radius 2 is 2.04 bits per heavy atom. The molecule has 1 aliphatic rings. The number of benzene rings is 2. The molecule has 23 heavy (non-hydrogen) atoms. The van der Waals surface area contributed by atoms with E-state index in [-0.39, 0.29) is 16.7 Å². The van der Waals surface area contributed by atoms with Gasteiger partial charge < -0.3 is 10.1 Å². The highest BCUT2D eigenvalue weighted by Gasteiger charge is 2.21. The van der Waals surface area contributed by atoms with Crippen LogP contribution in [-0.2, 0) is 6.42 Å². The topological polar surface area (TPSA) is 47.0 Å². The Kier molecular flexibility index (Phi) is 3.27. The lowest BCUT2D eigenvalue weighted by atomic mass is 10.1. The largest absolute Gasteiger partial charge is 0.491 e. The van der Waals surface area contributed by atoms with E-state index in [0.29, 0.717) is 23.1 Å². The number of nitrogens with one attached hydrogen (secondary N) is 1. The summed E-state index contributed by atoms with van der Waals surface area (Å²) in [6, 6.07) is 5.59. The van der Waals surface area contributed by atoms with Crippen molar-refractivity contribution in [3.8, 4) is 5.75 Å². The van der Waals surface area contributed by atoms with Crippen LogP contribution in [0.3, 0.4) is 0 Å². The maximum absolute atomic E-state index is 14.2. The second-order valence-electron chi connectivity index (χ2n) is 5.14. The highest BCUT2D eigenvalue weighted by atomic mass is 35.5. The molecule has 0 radical (unpaired) electrons. The molecule has 2 heterocycles. The second-order valence-corrected chi connectivity index (χ2v) is 5.55. The number of hydrogen-bond acceptors (Lipinski definition) is 4. The monoisotopic (exact) mass is 333 g/mol. The molecule has 4 nitrogen and oxygen atoms in total. The average Bonchev–Trinajstić information content (AvgIpc) is 2.98. The summed E-state index contributed by atoms with van der Waals surface area (Å²) >= 11 is 6.23. The zero-order valence-electron chi connectivity index (χ0n) is 11.7. The number of aromatic nitrogens is 2. The summed E-state index contributed by atoms with van der Waals surface area (Å²) in [6.45, 7) is 0.564. The molecule has 0 atom stereocenters. The Balaban J connectivity index is 1.88. The first kappa shape index (κ1) is 14.1. The van der Waals surface area contributed by atoms with Crippen molar-refractivity contribution >= 4 is 34.0 Å². The van der Waals surface area contributed by atoms with Gasteiger partial charge >= 0.3 is 0 Å². The Morgan fingerprint density at radius 1 is 1.17 bits per heavy atom. The van der Waals surface area contributed by atoms with Crippen molar-refractivity contribution in [1.29, 1.82) is 0 Å². The number of hydrogen-bond donors (Lipinski definition) is 1. The van der Waals surface area contributed by atoms with Crippen molar-refractivity contribution in [3.63, 3.8) is 0 Å². The third-order valence-electron chi connectivity index (χ3n) is 3.70. The van der Waals surface area contributed by atoms with E-state index in [2.05, 4.69) is 15.3 Å². The van der Waals surface area contributed by atoms with Gasteiger partial charge in [-0.2, -0.15) is 0 Å². The van der Waals surface area contributed by atoms with Crippen molar-refractivity contribution in [2.24, 2.45) is 0 Å². The minimum absolute atomic E-state index is 0.0977. The van der Waals surface area contributed by atoms with Crippen molar-refractivity contribution in [2.75, 3.05) is 11.9 Å². The van der Waals surface area contributed by atoms with Crippen LogP contribution in [0.5, 0.6) is 5.75 Å². The Morgan fingerprint density at radius 3 is 2.91 bits per heavy atom. The molecule has 1 aromatic heterocycles. The van der Waals surface area contributed by atoms with Gasteiger partial charge in [0.15, 0.2) is 0 Å². The van der Waals surface area contributed by atoms with Crippen LogP contribution >= 0.6 is 11.6 Å². The minimum Gasteiger partial charge on any atom is -0.491 e. The molecule has 4 rings (SSSR count). The average molecular weight is 334 g/mol. The van der Waals surface area contributed by atoms with Crippen LogP contribution in [0.15, 0.2) is 30.6 Å². The lowest BCUT2D eigenvalue weighted by Gasteiger charge is -2.13. The van der Waals surface area contributed by atoms with Gasteiger partial charge in [0.05, 0.1) is 22.5 Å². The third-order valence-corrected chi connectivity index (χ3v) is 4.02. The van der Waals surface area contributed by atoms with Crippen molar-refractivity contribution in [2.45, 2.75) is 6.42 Å². The first-order valence-electron chi connectivity index (χ1n) is 6.94. The first-order chi connectivity index (χ1) is 11.1. The number of nitrogens with zero attached hydrogens (tertiary/aromatic N) is 2. The molecule has 0 bridgehead atoms. The molecule has 3 aromatic rings. The molecule has 1 N–H and O–H groups in total. The zero-order valence-corrected chi connectivity index (χ0v) is 12.5. The van der Waals surface area contributed by atoms with Gasteiger partial charge in [-0.3, -0.25) is 0 Å². The van der Waals surface area contributed by atoms with E-state index in [1.807, 2.05) is 6.07 Å². The molecule has 2 aromatic carbocycles. The van der Waals surface area contributed by atoms with E-state index in [1.54, 1.807) is 6.07 Å². The summed E-state index contributed by atoms with van der Waals surface area (Å²) in [5.74, 6) is -0.598. The van der Waals surface area contributed by atoms with Gasteiger partial charge in [-0.05, 0) is 11.6 Å². The predicted octanol–water partition coefficient (Wildman–Crippen LogP) is 4.24. The van der Waals surface area contributed by atoms with Crippen molar-refractivity contribution < 1.29 is 13.5 Å². The summed E-state index contributed by atoms with van der Waals surface area (Å²) in [6.07, 6.45) is 2.02. The fourth-order valence-corrected chi connectivity index (χ4v) is 2.86. The number of halogens is 3. The summed E-state index contributed by atoms with van der Waals surface area (Å²) in [5, 5.41) is 3.53. The maximum atomic E-state index is 14.2. The standard InChI is InChI=1S/C16H10ClF2N3O/c17-10-2-1-8-3-4-23-15(8)14(10)22-16-13-11(19)5-9(18)6-12(13)20-7-21-16/h1-2,5-7H,3-4H2,(H,20,21,22). The van der Waals surface area contributed by atoms with E-state index in [0.717, 1.165) is 24.1 Å². The number of fused-ring (bicyclic) bond motifs is 2.